The van der Waals surface area contributed by atoms with E-state index in [1.54, 1.807) is 6.92 Å². The molecule has 1 saturated carbocycles. The third-order valence-corrected chi connectivity index (χ3v) is 3.99. The molecule has 0 saturated heterocycles. The summed E-state index contributed by atoms with van der Waals surface area (Å²) in [5, 5.41) is 18.9. The summed E-state index contributed by atoms with van der Waals surface area (Å²) >= 11 is 0. The maximum atomic E-state index is 9.44. The minimum Gasteiger partial charge on any atom is -0.392 e. The first-order valence-electron chi connectivity index (χ1n) is 8.53. The van der Waals surface area contributed by atoms with Crippen LogP contribution < -0.4 is 16.0 Å². The van der Waals surface area contributed by atoms with Crippen molar-refractivity contribution in [2.24, 2.45) is 5.92 Å². The Morgan fingerprint density at radius 3 is 2.42 bits per heavy atom. The SMILES string of the molecule is CCc1nc(NC[C@H](C)O)nc2c(NC)nc(NCC3CC3)nc12. The molecule has 0 radical (unpaired) electrons. The number of anilines is 3. The van der Waals surface area contributed by atoms with Gasteiger partial charge in [0.1, 0.15) is 11.0 Å². The highest BCUT2D eigenvalue weighted by atomic mass is 16.3. The van der Waals surface area contributed by atoms with Crippen LogP contribution >= 0.6 is 0 Å². The van der Waals surface area contributed by atoms with Crippen LogP contribution in [0.2, 0.25) is 0 Å². The summed E-state index contributed by atoms with van der Waals surface area (Å²) in [6, 6.07) is 0. The molecule has 0 spiro atoms. The van der Waals surface area contributed by atoms with E-state index in [4.69, 9.17) is 0 Å². The van der Waals surface area contributed by atoms with Crippen LogP contribution in [0, 0.1) is 5.92 Å². The fourth-order valence-electron chi connectivity index (χ4n) is 2.45. The average molecular weight is 331 g/mol. The molecule has 8 heteroatoms. The Labute approximate surface area is 141 Å². The van der Waals surface area contributed by atoms with Gasteiger partial charge in [-0.05, 0) is 32.1 Å². The molecule has 1 fully saturated rings. The van der Waals surface area contributed by atoms with Crippen LogP contribution in [-0.2, 0) is 6.42 Å². The maximum Gasteiger partial charge on any atom is 0.225 e. The third kappa shape index (κ3) is 3.81. The summed E-state index contributed by atoms with van der Waals surface area (Å²) in [5.74, 6) is 2.52. The van der Waals surface area contributed by atoms with E-state index in [1.807, 2.05) is 14.0 Å². The summed E-state index contributed by atoms with van der Waals surface area (Å²) in [6.07, 6.45) is 2.83. The first-order valence-corrected chi connectivity index (χ1v) is 8.53. The number of fused-ring (bicyclic) bond motifs is 1. The summed E-state index contributed by atoms with van der Waals surface area (Å²) in [4.78, 5) is 18.2. The number of nitrogens with zero attached hydrogens (tertiary/aromatic N) is 4. The fraction of sp³-hybridized carbons (Fsp3) is 0.625. The third-order valence-electron chi connectivity index (χ3n) is 3.99. The zero-order valence-corrected chi connectivity index (χ0v) is 14.4. The molecule has 0 bridgehead atoms. The van der Waals surface area contributed by atoms with Crippen molar-refractivity contribution < 1.29 is 5.11 Å². The van der Waals surface area contributed by atoms with E-state index >= 15 is 0 Å². The van der Waals surface area contributed by atoms with E-state index in [1.165, 1.54) is 12.8 Å². The molecule has 24 heavy (non-hydrogen) atoms. The van der Waals surface area contributed by atoms with Crippen molar-refractivity contribution in [2.75, 3.05) is 36.1 Å². The van der Waals surface area contributed by atoms with Gasteiger partial charge in [0.15, 0.2) is 5.82 Å². The molecule has 0 aliphatic heterocycles. The molecule has 130 valence electrons. The van der Waals surface area contributed by atoms with Crippen molar-refractivity contribution >= 4 is 28.7 Å². The Balaban J connectivity index is 1.97. The molecule has 8 nitrogen and oxygen atoms in total. The van der Waals surface area contributed by atoms with Crippen LogP contribution in [0.3, 0.4) is 0 Å². The molecule has 1 atom stereocenters. The molecule has 2 heterocycles. The average Bonchev–Trinajstić information content (AvgIpc) is 3.41. The second-order valence-corrected chi connectivity index (χ2v) is 6.24. The first-order chi connectivity index (χ1) is 11.6. The highest BCUT2D eigenvalue weighted by Gasteiger charge is 2.22. The van der Waals surface area contributed by atoms with Crippen molar-refractivity contribution in [1.82, 2.24) is 19.9 Å². The summed E-state index contributed by atoms with van der Waals surface area (Å²) < 4.78 is 0. The lowest BCUT2D eigenvalue weighted by atomic mass is 10.2. The fourth-order valence-corrected chi connectivity index (χ4v) is 2.45. The van der Waals surface area contributed by atoms with E-state index in [9.17, 15) is 5.11 Å². The quantitative estimate of drug-likeness (QED) is 0.578. The highest BCUT2D eigenvalue weighted by molar-refractivity contribution is 5.88. The predicted molar refractivity (Wildman–Crippen MR) is 95.4 cm³/mol. The van der Waals surface area contributed by atoms with Gasteiger partial charge in [0.05, 0.1) is 11.8 Å². The molecule has 0 amide bonds. The van der Waals surface area contributed by atoms with E-state index in [0.29, 0.717) is 29.8 Å². The molecule has 1 aliphatic rings. The van der Waals surface area contributed by atoms with Crippen LogP contribution in [0.25, 0.3) is 11.0 Å². The van der Waals surface area contributed by atoms with Crippen LogP contribution in [0.15, 0.2) is 0 Å². The van der Waals surface area contributed by atoms with E-state index in [0.717, 1.165) is 30.1 Å². The normalized spacial score (nSPS) is 15.3. The Hall–Kier alpha value is -2.22. The summed E-state index contributed by atoms with van der Waals surface area (Å²) in [7, 11) is 1.82. The second-order valence-electron chi connectivity index (χ2n) is 6.24. The Morgan fingerprint density at radius 2 is 1.79 bits per heavy atom. The topological polar surface area (TPSA) is 108 Å². The molecular formula is C16H25N7O. The van der Waals surface area contributed by atoms with Crippen LogP contribution in [-0.4, -0.2) is 51.3 Å². The molecule has 2 aromatic heterocycles. The Bertz CT molecular complexity index is 662. The van der Waals surface area contributed by atoms with E-state index in [2.05, 4.69) is 35.9 Å². The molecule has 2 aromatic rings. The van der Waals surface area contributed by atoms with Gasteiger partial charge in [0.2, 0.25) is 11.9 Å². The number of rotatable bonds is 8. The van der Waals surface area contributed by atoms with Crippen LogP contribution in [0.4, 0.5) is 17.7 Å². The van der Waals surface area contributed by atoms with Gasteiger partial charge >= 0.3 is 0 Å². The van der Waals surface area contributed by atoms with Gasteiger partial charge in [0, 0.05) is 20.1 Å². The molecule has 4 N–H and O–H groups in total. The minimum absolute atomic E-state index is 0.394. The number of aryl methyl sites for hydroxylation is 1. The van der Waals surface area contributed by atoms with Crippen LogP contribution in [0.1, 0.15) is 32.4 Å². The number of aliphatic hydroxyl groups is 1. The number of hydrogen-bond acceptors (Lipinski definition) is 8. The minimum atomic E-state index is -0.469. The van der Waals surface area contributed by atoms with Crippen LogP contribution in [0.5, 0.6) is 0 Å². The van der Waals surface area contributed by atoms with Gasteiger partial charge in [-0.1, -0.05) is 6.92 Å². The number of aromatic nitrogens is 4. The zero-order chi connectivity index (χ0) is 17.1. The number of aliphatic hydroxyl groups excluding tert-OH is 1. The summed E-state index contributed by atoms with van der Waals surface area (Å²) in [6.45, 7) is 5.06. The monoisotopic (exact) mass is 331 g/mol. The Kier molecular flexibility index (Phi) is 4.94. The Morgan fingerprint density at radius 1 is 1.08 bits per heavy atom. The molecule has 3 rings (SSSR count). The van der Waals surface area contributed by atoms with Gasteiger partial charge in [-0.25, -0.2) is 15.0 Å². The molecule has 1 aliphatic carbocycles. The first kappa shape index (κ1) is 16.6. The van der Waals surface area contributed by atoms with Crippen molar-refractivity contribution in [3.05, 3.63) is 5.69 Å². The van der Waals surface area contributed by atoms with Crippen molar-refractivity contribution in [3.8, 4) is 0 Å². The lowest BCUT2D eigenvalue weighted by Gasteiger charge is -2.13. The van der Waals surface area contributed by atoms with E-state index < -0.39 is 6.10 Å². The largest absolute Gasteiger partial charge is 0.392 e. The maximum absolute atomic E-state index is 9.44. The highest BCUT2D eigenvalue weighted by Crippen LogP contribution is 2.29. The van der Waals surface area contributed by atoms with Crippen molar-refractivity contribution in [3.63, 3.8) is 0 Å². The standard InChI is InChI=1S/C16H25N7O/c1-4-11-12-13(22-15(20-11)18-7-9(2)24)14(17-3)23-16(21-12)19-8-10-5-6-10/h9-10,24H,4-8H2,1-3H3,(H,18,20,22)(H2,17,19,21,23)/t9-/m0/s1. The van der Waals surface area contributed by atoms with Gasteiger partial charge in [0.25, 0.3) is 0 Å². The van der Waals surface area contributed by atoms with Gasteiger partial charge in [-0.15, -0.1) is 0 Å². The van der Waals surface area contributed by atoms with Crippen molar-refractivity contribution in [1.29, 1.82) is 0 Å². The van der Waals surface area contributed by atoms with Crippen molar-refractivity contribution in [2.45, 2.75) is 39.2 Å². The number of nitrogens with one attached hydrogen (secondary N) is 3. The van der Waals surface area contributed by atoms with Gasteiger partial charge < -0.3 is 21.1 Å². The smallest absolute Gasteiger partial charge is 0.225 e. The molecule has 0 aromatic carbocycles. The zero-order valence-electron chi connectivity index (χ0n) is 14.4. The lowest BCUT2D eigenvalue weighted by Crippen LogP contribution is -2.18. The molecule has 0 unspecified atom stereocenters. The van der Waals surface area contributed by atoms with Gasteiger partial charge in [-0.3, -0.25) is 0 Å². The summed E-state index contributed by atoms with van der Waals surface area (Å²) in [5.41, 5.74) is 2.31. The second kappa shape index (κ2) is 7.12. The lowest BCUT2D eigenvalue weighted by molar-refractivity contribution is 0.208. The number of hydrogen-bond donors (Lipinski definition) is 4. The predicted octanol–water partition coefficient (Wildman–Crippen LogP) is 1.64. The van der Waals surface area contributed by atoms with E-state index in [-0.39, 0.29) is 0 Å². The van der Waals surface area contributed by atoms with Gasteiger partial charge in [-0.2, -0.15) is 4.98 Å². The molecular weight excluding hydrogens is 306 g/mol.